The topological polar surface area (TPSA) is 55.3 Å². The van der Waals surface area contributed by atoms with Crippen LogP contribution in [0.1, 0.15) is 18.4 Å². The van der Waals surface area contributed by atoms with Crippen LogP contribution in [0.2, 0.25) is 0 Å². The van der Waals surface area contributed by atoms with Crippen LogP contribution in [-0.2, 0) is 11.3 Å². The minimum atomic E-state index is 0. The van der Waals surface area contributed by atoms with Gasteiger partial charge in [-0.3, -0.25) is 4.99 Å². The minimum Gasteiger partial charge on any atom is -0.486 e. The molecule has 0 radical (unpaired) electrons. The first-order chi connectivity index (χ1) is 12.3. The molecule has 0 spiro atoms. The summed E-state index contributed by atoms with van der Waals surface area (Å²) >= 11 is 0. The van der Waals surface area contributed by atoms with E-state index in [0.717, 1.165) is 56.6 Å². The van der Waals surface area contributed by atoms with Crippen LogP contribution in [0.25, 0.3) is 0 Å². The third-order valence-electron chi connectivity index (χ3n) is 4.39. The average molecular weight is 473 g/mol. The predicted octanol–water partition coefficient (Wildman–Crippen LogP) is 2.82. The number of nitrogens with zero attached hydrogens (tertiary/aromatic N) is 2. The van der Waals surface area contributed by atoms with E-state index in [-0.39, 0.29) is 24.0 Å². The molecule has 26 heavy (non-hydrogen) atoms. The molecule has 3 rings (SSSR count). The van der Waals surface area contributed by atoms with Crippen LogP contribution in [0.5, 0.6) is 11.5 Å². The molecule has 0 aliphatic carbocycles. The number of nitrogens with one attached hydrogen (secondary N) is 1. The Morgan fingerprint density at radius 2 is 2.00 bits per heavy atom. The highest BCUT2D eigenvalue weighted by molar-refractivity contribution is 14.0. The quantitative estimate of drug-likeness (QED) is 0.309. The summed E-state index contributed by atoms with van der Waals surface area (Å²) in [6.45, 7) is 4.44. The van der Waals surface area contributed by atoms with Crippen molar-refractivity contribution < 1.29 is 14.2 Å². The highest BCUT2D eigenvalue weighted by atomic mass is 127. The number of hydrogen-bond acceptors (Lipinski definition) is 4. The van der Waals surface area contributed by atoms with Gasteiger partial charge in [-0.05, 0) is 30.5 Å². The Hall–Kier alpha value is -1.48. The van der Waals surface area contributed by atoms with Gasteiger partial charge in [0.05, 0.1) is 13.2 Å². The van der Waals surface area contributed by atoms with Crippen LogP contribution >= 0.6 is 24.0 Å². The van der Waals surface area contributed by atoms with Gasteiger partial charge in [0.1, 0.15) is 13.2 Å². The first kappa shape index (κ1) is 20.8. The molecule has 0 fully saturated rings. The minimum absolute atomic E-state index is 0. The summed E-state index contributed by atoms with van der Waals surface area (Å²) in [7, 11) is 3.86. The number of hydrogen-bond donors (Lipinski definition) is 1. The number of aliphatic imine (C=N–C) groups is 1. The highest BCUT2D eigenvalue weighted by Crippen LogP contribution is 2.31. The van der Waals surface area contributed by atoms with E-state index in [9.17, 15) is 0 Å². The van der Waals surface area contributed by atoms with E-state index in [1.165, 1.54) is 11.1 Å². The smallest absolute Gasteiger partial charge is 0.193 e. The zero-order valence-corrected chi connectivity index (χ0v) is 17.8. The first-order valence-corrected chi connectivity index (χ1v) is 8.82. The predicted molar refractivity (Wildman–Crippen MR) is 114 cm³/mol. The lowest BCUT2D eigenvalue weighted by Crippen LogP contribution is -2.39. The van der Waals surface area contributed by atoms with Crippen LogP contribution in [0.3, 0.4) is 0 Å². The second kappa shape index (κ2) is 10.6. The summed E-state index contributed by atoms with van der Waals surface area (Å²) in [5.74, 6) is 2.54. The Kier molecular flexibility index (Phi) is 8.50. The van der Waals surface area contributed by atoms with Gasteiger partial charge >= 0.3 is 0 Å². The normalized spacial score (nSPS) is 16.4. The summed E-state index contributed by atoms with van der Waals surface area (Å²) in [4.78, 5) is 6.50. The highest BCUT2D eigenvalue weighted by Gasteiger charge is 2.13. The van der Waals surface area contributed by atoms with Gasteiger partial charge in [0.2, 0.25) is 0 Å². The van der Waals surface area contributed by atoms with Crippen molar-refractivity contribution in [3.05, 3.63) is 35.4 Å². The molecule has 0 unspecified atom stereocenters. The van der Waals surface area contributed by atoms with Gasteiger partial charge in [-0.25, -0.2) is 0 Å². The molecule has 2 aliphatic heterocycles. The molecule has 1 aromatic carbocycles. The summed E-state index contributed by atoms with van der Waals surface area (Å²) < 4.78 is 16.6. The molecule has 0 saturated carbocycles. The molecule has 2 aliphatic rings. The average Bonchev–Trinajstić information content (AvgIpc) is 2.66. The van der Waals surface area contributed by atoms with Crippen molar-refractivity contribution in [2.75, 3.05) is 47.1 Å². The zero-order valence-electron chi connectivity index (χ0n) is 15.5. The van der Waals surface area contributed by atoms with Crippen LogP contribution in [0, 0.1) is 0 Å². The van der Waals surface area contributed by atoms with E-state index >= 15 is 0 Å². The summed E-state index contributed by atoms with van der Waals surface area (Å²) in [6, 6.07) is 6.10. The van der Waals surface area contributed by atoms with Crippen LogP contribution in [-0.4, -0.2) is 57.9 Å². The van der Waals surface area contributed by atoms with Gasteiger partial charge < -0.3 is 24.4 Å². The van der Waals surface area contributed by atoms with Crippen molar-refractivity contribution in [3.8, 4) is 11.5 Å². The van der Waals surface area contributed by atoms with E-state index in [1.54, 1.807) is 0 Å². The van der Waals surface area contributed by atoms with Crippen molar-refractivity contribution in [2.45, 2.75) is 19.4 Å². The molecule has 1 N–H and O–H groups in total. The molecule has 6 nitrogen and oxygen atoms in total. The molecule has 1 aromatic rings. The Morgan fingerprint density at radius 1 is 1.19 bits per heavy atom. The van der Waals surface area contributed by atoms with Crippen molar-refractivity contribution >= 4 is 29.9 Å². The Bertz CT molecular complexity index is 649. The maximum Gasteiger partial charge on any atom is 0.193 e. The largest absolute Gasteiger partial charge is 0.486 e. The Morgan fingerprint density at radius 3 is 2.73 bits per heavy atom. The number of ether oxygens (including phenoxy) is 3. The molecular formula is C19H28IN3O3. The maximum atomic E-state index is 5.66. The summed E-state index contributed by atoms with van der Waals surface area (Å²) in [5.41, 5.74) is 2.63. The number of fused-ring (bicyclic) bond motifs is 1. The van der Waals surface area contributed by atoms with E-state index in [2.05, 4.69) is 27.4 Å². The van der Waals surface area contributed by atoms with Crippen molar-refractivity contribution in [2.24, 2.45) is 4.99 Å². The van der Waals surface area contributed by atoms with Gasteiger partial charge in [-0.15, -0.1) is 24.0 Å². The van der Waals surface area contributed by atoms with Crippen molar-refractivity contribution in [1.82, 2.24) is 10.2 Å². The summed E-state index contributed by atoms with van der Waals surface area (Å²) in [6.07, 6.45) is 4.25. The van der Waals surface area contributed by atoms with Gasteiger partial charge in [-0.2, -0.15) is 0 Å². The molecule has 0 amide bonds. The van der Waals surface area contributed by atoms with E-state index in [1.807, 2.05) is 26.2 Å². The number of benzene rings is 1. The molecule has 7 heteroatoms. The van der Waals surface area contributed by atoms with Crippen LogP contribution < -0.4 is 14.8 Å². The molecule has 0 aromatic heterocycles. The fraction of sp³-hybridized carbons (Fsp3) is 0.526. The van der Waals surface area contributed by atoms with E-state index in [4.69, 9.17) is 14.2 Å². The van der Waals surface area contributed by atoms with Crippen molar-refractivity contribution in [3.63, 3.8) is 0 Å². The Balaban J connectivity index is 0.00000243. The van der Waals surface area contributed by atoms with Gasteiger partial charge in [0.15, 0.2) is 17.5 Å². The molecular weight excluding hydrogens is 445 g/mol. The lowest BCUT2D eigenvalue weighted by atomic mass is 10.1. The zero-order chi connectivity index (χ0) is 17.5. The second-order valence-electron chi connectivity index (χ2n) is 6.25. The standard InChI is InChI=1S/C19H27N3O3.HI/c1-20-19(21-8-5-15-6-9-23-10-7-15)22(2)14-16-3-4-17-18(13-16)25-12-11-24-17;/h3-4,6,13H,5,7-12,14H2,1-2H3,(H,20,21);1H. The second-order valence-corrected chi connectivity index (χ2v) is 6.25. The number of rotatable bonds is 5. The van der Waals surface area contributed by atoms with Crippen LogP contribution in [0.15, 0.2) is 34.8 Å². The SMILES string of the molecule is CN=C(NCCC1=CCOCC1)N(C)Cc1ccc2c(c1)OCCO2.I. The summed E-state index contributed by atoms with van der Waals surface area (Å²) in [5, 5.41) is 3.44. The number of halogens is 1. The number of guanidine groups is 1. The van der Waals surface area contributed by atoms with Crippen molar-refractivity contribution in [1.29, 1.82) is 0 Å². The lowest BCUT2D eigenvalue weighted by Gasteiger charge is -2.24. The molecule has 2 heterocycles. The monoisotopic (exact) mass is 473 g/mol. The fourth-order valence-electron chi connectivity index (χ4n) is 3.05. The first-order valence-electron chi connectivity index (χ1n) is 8.82. The van der Waals surface area contributed by atoms with Gasteiger partial charge in [0.25, 0.3) is 0 Å². The van der Waals surface area contributed by atoms with Gasteiger partial charge in [0, 0.05) is 27.2 Å². The third-order valence-corrected chi connectivity index (χ3v) is 4.39. The fourth-order valence-corrected chi connectivity index (χ4v) is 3.05. The van der Waals surface area contributed by atoms with E-state index in [0.29, 0.717) is 13.2 Å². The van der Waals surface area contributed by atoms with Gasteiger partial charge in [-0.1, -0.05) is 17.7 Å². The third kappa shape index (κ3) is 5.77. The molecule has 0 bridgehead atoms. The molecule has 0 atom stereocenters. The Labute approximate surface area is 172 Å². The van der Waals surface area contributed by atoms with E-state index < -0.39 is 0 Å². The molecule has 0 saturated heterocycles. The maximum absolute atomic E-state index is 5.66. The lowest BCUT2D eigenvalue weighted by molar-refractivity contribution is 0.153. The molecule has 144 valence electrons. The van der Waals surface area contributed by atoms with Crippen LogP contribution in [0.4, 0.5) is 0 Å².